The molecule has 1 aliphatic rings. The second-order valence-corrected chi connectivity index (χ2v) is 5.81. The first-order valence-corrected chi connectivity index (χ1v) is 8.03. The van der Waals surface area contributed by atoms with Gasteiger partial charge >= 0.3 is 5.97 Å². The van der Waals surface area contributed by atoms with Crippen molar-refractivity contribution in [2.45, 2.75) is 45.4 Å². The number of isothiocyanates is 1. The largest absolute Gasteiger partial charge is 0.426 e. The van der Waals surface area contributed by atoms with Gasteiger partial charge in [0.2, 0.25) is 0 Å². The Morgan fingerprint density at radius 1 is 1.29 bits per heavy atom. The van der Waals surface area contributed by atoms with Crippen molar-refractivity contribution in [3.8, 4) is 5.75 Å². The summed E-state index contributed by atoms with van der Waals surface area (Å²) in [6.45, 7) is 2.22. The maximum Gasteiger partial charge on any atom is 0.314 e. The summed E-state index contributed by atoms with van der Waals surface area (Å²) in [7, 11) is 0. The van der Waals surface area contributed by atoms with Crippen molar-refractivity contribution < 1.29 is 9.53 Å². The van der Waals surface area contributed by atoms with Gasteiger partial charge in [0.05, 0.1) is 16.8 Å². The van der Waals surface area contributed by atoms with Crippen LogP contribution in [0.1, 0.15) is 45.4 Å². The topological polar surface area (TPSA) is 38.7 Å². The fourth-order valence-electron chi connectivity index (χ4n) is 2.94. The van der Waals surface area contributed by atoms with E-state index in [-0.39, 0.29) is 11.9 Å². The molecule has 0 atom stereocenters. The number of ether oxygens (including phenoxy) is 1. The summed E-state index contributed by atoms with van der Waals surface area (Å²) in [6, 6.07) is 7.01. The van der Waals surface area contributed by atoms with Crippen LogP contribution in [0, 0.1) is 11.8 Å². The predicted molar refractivity (Wildman–Crippen MR) is 87.1 cm³/mol. The number of carbonyl (C=O) groups is 1. The summed E-state index contributed by atoms with van der Waals surface area (Å²) < 4.78 is 5.46. The Kier molecular flexibility index (Phi) is 6.09. The molecule has 0 aliphatic heterocycles. The summed E-state index contributed by atoms with van der Waals surface area (Å²) in [5, 5.41) is 2.31. The first-order valence-electron chi connectivity index (χ1n) is 7.62. The molecule has 0 amide bonds. The molecule has 0 unspecified atom stereocenters. The number of hydrogen-bond donors (Lipinski definition) is 0. The van der Waals surface area contributed by atoms with E-state index in [4.69, 9.17) is 4.74 Å². The summed E-state index contributed by atoms with van der Waals surface area (Å²) in [5.74, 6) is 1.32. The van der Waals surface area contributed by atoms with Gasteiger partial charge in [-0.2, -0.15) is 4.99 Å². The van der Waals surface area contributed by atoms with Crippen LogP contribution in [0.5, 0.6) is 5.75 Å². The zero-order chi connectivity index (χ0) is 15.1. The molecule has 0 bridgehead atoms. The van der Waals surface area contributed by atoms with Crippen LogP contribution in [-0.4, -0.2) is 11.1 Å². The van der Waals surface area contributed by atoms with Gasteiger partial charge in [0, 0.05) is 0 Å². The molecule has 112 valence electrons. The Morgan fingerprint density at radius 2 is 1.95 bits per heavy atom. The number of benzene rings is 1. The molecule has 1 fully saturated rings. The minimum atomic E-state index is -0.101. The molecule has 0 spiro atoms. The van der Waals surface area contributed by atoms with Crippen molar-refractivity contribution in [1.29, 1.82) is 0 Å². The smallest absolute Gasteiger partial charge is 0.314 e. The fraction of sp³-hybridized carbons (Fsp3) is 0.529. The molecule has 21 heavy (non-hydrogen) atoms. The minimum Gasteiger partial charge on any atom is -0.426 e. The molecule has 2 rings (SSSR count). The number of carbonyl (C=O) groups excluding carboxylic acids is 1. The van der Waals surface area contributed by atoms with Crippen molar-refractivity contribution in [3.05, 3.63) is 24.3 Å². The van der Waals surface area contributed by atoms with Crippen LogP contribution in [0.25, 0.3) is 0 Å². The van der Waals surface area contributed by atoms with Gasteiger partial charge in [0.1, 0.15) is 5.75 Å². The van der Waals surface area contributed by atoms with E-state index >= 15 is 0 Å². The van der Waals surface area contributed by atoms with E-state index in [1.807, 2.05) is 0 Å². The van der Waals surface area contributed by atoms with Crippen molar-refractivity contribution in [3.63, 3.8) is 0 Å². The highest BCUT2D eigenvalue weighted by Gasteiger charge is 2.27. The van der Waals surface area contributed by atoms with E-state index in [9.17, 15) is 4.79 Å². The quantitative estimate of drug-likeness (QED) is 0.335. The number of rotatable bonds is 5. The van der Waals surface area contributed by atoms with Crippen LogP contribution >= 0.6 is 12.2 Å². The Bertz CT molecular complexity index is 512. The number of thiocarbonyl (C=S) groups is 1. The molecule has 1 aromatic rings. The Balaban J connectivity index is 1.85. The van der Waals surface area contributed by atoms with Crippen molar-refractivity contribution in [1.82, 2.24) is 0 Å². The second-order valence-electron chi connectivity index (χ2n) is 5.62. The van der Waals surface area contributed by atoms with Gasteiger partial charge in [-0.1, -0.05) is 19.8 Å². The average Bonchev–Trinajstić information content (AvgIpc) is 2.50. The molecule has 0 N–H and O–H groups in total. The van der Waals surface area contributed by atoms with Gasteiger partial charge in [-0.05, 0) is 68.1 Å². The van der Waals surface area contributed by atoms with Gasteiger partial charge in [0.25, 0.3) is 0 Å². The highest BCUT2D eigenvalue weighted by Crippen LogP contribution is 2.32. The molecule has 0 aromatic heterocycles. The van der Waals surface area contributed by atoms with E-state index in [1.165, 1.54) is 12.8 Å². The number of nitrogens with zero attached hydrogens (tertiary/aromatic N) is 1. The fourth-order valence-corrected chi connectivity index (χ4v) is 3.04. The standard InChI is InChI=1S/C17H21NO2S/c1-2-3-13-4-6-14(7-5-13)17(19)20-16-10-8-15(9-11-16)18-12-21/h8-11,13-14H,2-7H2,1H3. The lowest BCUT2D eigenvalue weighted by molar-refractivity contribution is -0.140. The number of esters is 1. The van der Waals surface area contributed by atoms with E-state index in [0.29, 0.717) is 11.4 Å². The molecule has 1 aromatic carbocycles. The summed E-state index contributed by atoms with van der Waals surface area (Å²) in [5.41, 5.74) is 0.713. The monoisotopic (exact) mass is 303 g/mol. The van der Waals surface area contributed by atoms with Crippen LogP contribution in [0.2, 0.25) is 0 Å². The molecule has 1 saturated carbocycles. The van der Waals surface area contributed by atoms with Gasteiger partial charge in [-0.15, -0.1) is 0 Å². The molecule has 0 heterocycles. The summed E-state index contributed by atoms with van der Waals surface area (Å²) >= 11 is 4.55. The van der Waals surface area contributed by atoms with Gasteiger partial charge in [-0.3, -0.25) is 4.79 Å². The zero-order valence-corrected chi connectivity index (χ0v) is 13.2. The van der Waals surface area contributed by atoms with Gasteiger partial charge in [-0.25, -0.2) is 0 Å². The first kappa shape index (κ1) is 15.9. The maximum absolute atomic E-state index is 12.2. The van der Waals surface area contributed by atoms with Gasteiger partial charge in [0.15, 0.2) is 0 Å². The van der Waals surface area contributed by atoms with E-state index < -0.39 is 0 Å². The Labute approximate surface area is 131 Å². The third-order valence-corrected chi connectivity index (χ3v) is 4.20. The molecule has 1 aliphatic carbocycles. The first-order chi connectivity index (χ1) is 10.2. The number of hydrogen-bond acceptors (Lipinski definition) is 4. The highest BCUT2D eigenvalue weighted by molar-refractivity contribution is 7.78. The Hall–Kier alpha value is -1.51. The summed E-state index contributed by atoms with van der Waals surface area (Å²) in [4.78, 5) is 16.0. The zero-order valence-electron chi connectivity index (χ0n) is 12.4. The predicted octanol–water partition coefficient (Wildman–Crippen LogP) is 4.93. The second kappa shape index (κ2) is 8.06. The van der Waals surface area contributed by atoms with Crippen molar-refractivity contribution >= 4 is 29.0 Å². The summed E-state index contributed by atoms with van der Waals surface area (Å²) in [6.07, 6.45) is 6.72. The molecule has 0 radical (unpaired) electrons. The van der Waals surface area contributed by atoms with Crippen LogP contribution in [-0.2, 0) is 4.79 Å². The van der Waals surface area contributed by atoms with E-state index in [2.05, 4.69) is 29.3 Å². The Morgan fingerprint density at radius 3 is 2.52 bits per heavy atom. The molecular formula is C17H21NO2S. The van der Waals surface area contributed by atoms with Crippen LogP contribution in [0.15, 0.2) is 29.3 Å². The maximum atomic E-state index is 12.2. The molecule has 3 nitrogen and oxygen atoms in total. The SMILES string of the molecule is CCCC1CCC(C(=O)Oc2ccc(N=C=S)cc2)CC1. The third-order valence-electron chi connectivity index (χ3n) is 4.11. The lowest BCUT2D eigenvalue weighted by Crippen LogP contribution is -2.25. The van der Waals surface area contributed by atoms with Gasteiger partial charge < -0.3 is 4.74 Å². The third kappa shape index (κ3) is 4.76. The van der Waals surface area contributed by atoms with E-state index in [0.717, 1.165) is 31.6 Å². The molecular weight excluding hydrogens is 282 g/mol. The lowest BCUT2D eigenvalue weighted by Gasteiger charge is -2.26. The average molecular weight is 303 g/mol. The molecule has 4 heteroatoms. The normalized spacial score (nSPS) is 21.4. The molecule has 0 saturated heterocycles. The lowest BCUT2D eigenvalue weighted by atomic mass is 9.80. The van der Waals surface area contributed by atoms with Crippen molar-refractivity contribution in [2.24, 2.45) is 16.8 Å². The van der Waals surface area contributed by atoms with Crippen LogP contribution < -0.4 is 4.74 Å². The van der Waals surface area contributed by atoms with Crippen molar-refractivity contribution in [2.75, 3.05) is 0 Å². The van der Waals surface area contributed by atoms with Crippen LogP contribution in [0.3, 0.4) is 0 Å². The van der Waals surface area contributed by atoms with E-state index in [1.54, 1.807) is 24.3 Å². The highest BCUT2D eigenvalue weighted by atomic mass is 32.1. The minimum absolute atomic E-state index is 0.0526. The van der Waals surface area contributed by atoms with Crippen LogP contribution in [0.4, 0.5) is 5.69 Å². The number of aliphatic imine (C=N–C) groups is 1.